The van der Waals surface area contributed by atoms with E-state index in [-0.39, 0.29) is 18.1 Å². The SMILES string of the molecule is O=[N+]([O-])c1cc(C(F)(F)F)ccc1Oc1ccccc1CO. The number of ether oxygens (including phenoxy) is 1. The molecule has 2 aromatic carbocycles. The molecular weight excluding hydrogens is 303 g/mol. The number of alkyl halides is 3. The third-order valence-electron chi connectivity index (χ3n) is 2.85. The minimum Gasteiger partial charge on any atom is -0.450 e. The Balaban J connectivity index is 2.45. The van der Waals surface area contributed by atoms with E-state index in [2.05, 4.69) is 0 Å². The van der Waals surface area contributed by atoms with Crippen molar-refractivity contribution in [3.05, 3.63) is 63.7 Å². The van der Waals surface area contributed by atoms with E-state index >= 15 is 0 Å². The van der Waals surface area contributed by atoms with E-state index in [9.17, 15) is 23.3 Å². The molecule has 0 aliphatic carbocycles. The molecule has 5 nitrogen and oxygen atoms in total. The predicted molar refractivity (Wildman–Crippen MR) is 70.5 cm³/mol. The van der Waals surface area contributed by atoms with E-state index < -0.39 is 22.4 Å². The number of benzene rings is 2. The maximum atomic E-state index is 12.6. The van der Waals surface area contributed by atoms with Crippen LogP contribution in [0.2, 0.25) is 0 Å². The fourth-order valence-corrected chi connectivity index (χ4v) is 1.78. The largest absolute Gasteiger partial charge is 0.450 e. The molecule has 0 saturated heterocycles. The van der Waals surface area contributed by atoms with E-state index in [0.29, 0.717) is 17.7 Å². The molecule has 0 aliphatic rings. The Kier molecular flexibility index (Phi) is 4.32. The highest BCUT2D eigenvalue weighted by Crippen LogP contribution is 2.38. The zero-order valence-electron chi connectivity index (χ0n) is 11.0. The summed E-state index contributed by atoms with van der Waals surface area (Å²) in [6.07, 6.45) is -4.69. The van der Waals surface area contributed by atoms with Gasteiger partial charge in [-0.25, -0.2) is 0 Å². The molecule has 0 aromatic heterocycles. The number of hydrogen-bond donors (Lipinski definition) is 1. The Bertz CT molecular complexity index is 701. The van der Waals surface area contributed by atoms with Crippen LogP contribution in [0.5, 0.6) is 11.5 Å². The van der Waals surface area contributed by atoms with E-state index in [4.69, 9.17) is 9.84 Å². The van der Waals surface area contributed by atoms with Gasteiger partial charge in [0.2, 0.25) is 5.75 Å². The van der Waals surface area contributed by atoms with Gasteiger partial charge in [0.05, 0.1) is 17.1 Å². The minimum absolute atomic E-state index is 0.132. The fourth-order valence-electron chi connectivity index (χ4n) is 1.78. The van der Waals surface area contributed by atoms with Crippen molar-refractivity contribution in [2.75, 3.05) is 0 Å². The van der Waals surface area contributed by atoms with Gasteiger partial charge in [0.1, 0.15) is 5.75 Å². The third kappa shape index (κ3) is 3.34. The first-order chi connectivity index (χ1) is 10.3. The molecule has 0 atom stereocenters. The molecule has 2 aromatic rings. The number of aliphatic hydroxyl groups is 1. The molecule has 116 valence electrons. The standard InChI is InChI=1S/C14H10F3NO4/c15-14(16,17)10-5-6-13(11(7-10)18(20)21)22-12-4-2-1-3-9(12)8-19/h1-7,19H,8H2. The number of rotatable bonds is 4. The Morgan fingerprint density at radius 1 is 1.14 bits per heavy atom. The molecule has 0 radical (unpaired) electrons. The van der Waals surface area contributed by atoms with Crippen molar-refractivity contribution in [3.63, 3.8) is 0 Å². The Morgan fingerprint density at radius 2 is 1.82 bits per heavy atom. The normalized spacial score (nSPS) is 11.3. The van der Waals surface area contributed by atoms with Gasteiger partial charge in [-0.1, -0.05) is 18.2 Å². The summed E-state index contributed by atoms with van der Waals surface area (Å²) in [4.78, 5) is 10.0. The van der Waals surface area contributed by atoms with Gasteiger partial charge in [0.15, 0.2) is 0 Å². The second-order valence-corrected chi connectivity index (χ2v) is 4.31. The van der Waals surface area contributed by atoms with Crippen molar-refractivity contribution in [3.8, 4) is 11.5 Å². The highest BCUT2D eigenvalue weighted by atomic mass is 19.4. The molecule has 0 saturated carbocycles. The van der Waals surface area contributed by atoms with Gasteiger partial charge in [-0.05, 0) is 18.2 Å². The molecule has 2 rings (SSSR count). The van der Waals surface area contributed by atoms with Crippen LogP contribution < -0.4 is 4.74 Å². The quantitative estimate of drug-likeness (QED) is 0.686. The molecule has 0 heterocycles. The summed E-state index contributed by atoms with van der Waals surface area (Å²) >= 11 is 0. The first kappa shape index (κ1) is 15.8. The predicted octanol–water partition coefficient (Wildman–Crippen LogP) is 3.90. The van der Waals surface area contributed by atoms with Crippen LogP contribution in [0.25, 0.3) is 0 Å². The van der Waals surface area contributed by atoms with Gasteiger partial charge in [-0.3, -0.25) is 10.1 Å². The van der Waals surface area contributed by atoms with Crippen molar-refractivity contribution < 1.29 is 27.9 Å². The Labute approximate surface area is 122 Å². The zero-order valence-corrected chi connectivity index (χ0v) is 11.0. The Hall–Kier alpha value is -2.61. The molecule has 0 bridgehead atoms. The number of hydrogen-bond acceptors (Lipinski definition) is 4. The highest BCUT2D eigenvalue weighted by Gasteiger charge is 2.33. The minimum atomic E-state index is -4.69. The van der Waals surface area contributed by atoms with Crippen molar-refractivity contribution in [2.24, 2.45) is 0 Å². The van der Waals surface area contributed by atoms with Gasteiger partial charge in [0.25, 0.3) is 0 Å². The summed E-state index contributed by atoms with van der Waals surface area (Å²) in [5, 5.41) is 20.1. The summed E-state index contributed by atoms with van der Waals surface area (Å²) in [5.41, 5.74) is -1.58. The number of nitro benzene ring substituents is 1. The van der Waals surface area contributed by atoms with Crippen LogP contribution in [-0.4, -0.2) is 10.0 Å². The van der Waals surface area contributed by atoms with E-state index in [0.717, 1.165) is 6.07 Å². The lowest BCUT2D eigenvalue weighted by Crippen LogP contribution is -2.06. The maximum absolute atomic E-state index is 12.6. The average Bonchev–Trinajstić information content (AvgIpc) is 2.46. The lowest BCUT2D eigenvalue weighted by atomic mass is 10.1. The smallest absolute Gasteiger partial charge is 0.416 e. The van der Waals surface area contributed by atoms with Crippen molar-refractivity contribution in [1.82, 2.24) is 0 Å². The van der Waals surface area contributed by atoms with Gasteiger partial charge in [-0.15, -0.1) is 0 Å². The summed E-state index contributed by atoms with van der Waals surface area (Å²) in [6, 6.07) is 8.18. The van der Waals surface area contributed by atoms with Crippen LogP contribution in [0.3, 0.4) is 0 Å². The van der Waals surface area contributed by atoms with Crippen LogP contribution in [-0.2, 0) is 12.8 Å². The zero-order chi connectivity index (χ0) is 16.3. The second-order valence-electron chi connectivity index (χ2n) is 4.31. The molecular formula is C14H10F3NO4. The monoisotopic (exact) mass is 313 g/mol. The number of aliphatic hydroxyl groups excluding tert-OH is 1. The van der Waals surface area contributed by atoms with Crippen LogP contribution in [0, 0.1) is 10.1 Å². The lowest BCUT2D eigenvalue weighted by Gasteiger charge is -2.11. The Morgan fingerprint density at radius 3 is 2.41 bits per heavy atom. The van der Waals surface area contributed by atoms with Crippen LogP contribution in [0.4, 0.5) is 18.9 Å². The summed E-state index contributed by atoms with van der Waals surface area (Å²) in [6.45, 7) is -0.370. The van der Waals surface area contributed by atoms with Crippen molar-refractivity contribution in [1.29, 1.82) is 0 Å². The van der Waals surface area contributed by atoms with Crippen molar-refractivity contribution >= 4 is 5.69 Å². The molecule has 0 unspecified atom stereocenters. The molecule has 0 spiro atoms. The summed E-state index contributed by atoms with van der Waals surface area (Å²) in [5.74, 6) is -0.202. The van der Waals surface area contributed by atoms with Crippen molar-refractivity contribution in [2.45, 2.75) is 12.8 Å². The van der Waals surface area contributed by atoms with E-state index in [1.165, 1.54) is 12.1 Å². The fraction of sp³-hybridized carbons (Fsp3) is 0.143. The van der Waals surface area contributed by atoms with Gasteiger partial charge in [0, 0.05) is 11.6 Å². The molecule has 8 heteroatoms. The van der Waals surface area contributed by atoms with Crippen LogP contribution in [0.15, 0.2) is 42.5 Å². The number of nitro groups is 1. The molecule has 22 heavy (non-hydrogen) atoms. The molecule has 0 fully saturated rings. The number of para-hydroxylation sites is 1. The number of halogens is 3. The second kappa shape index (κ2) is 6.02. The van der Waals surface area contributed by atoms with E-state index in [1.54, 1.807) is 12.1 Å². The first-order valence-corrected chi connectivity index (χ1v) is 6.05. The third-order valence-corrected chi connectivity index (χ3v) is 2.85. The topological polar surface area (TPSA) is 72.6 Å². The summed E-state index contributed by atoms with van der Waals surface area (Å²) in [7, 11) is 0. The van der Waals surface area contributed by atoms with Crippen LogP contribution >= 0.6 is 0 Å². The van der Waals surface area contributed by atoms with Gasteiger partial charge >= 0.3 is 11.9 Å². The summed E-state index contributed by atoms with van der Waals surface area (Å²) < 4.78 is 43.1. The van der Waals surface area contributed by atoms with Gasteiger partial charge in [-0.2, -0.15) is 13.2 Å². The average molecular weight is 313 g/mol. The number of nitrogens with zero attached hydrogens (tertiary/aromatic N) is 1. The lowest BCUT2D eigenvalue weighted by molar-refractivity contribution is -0.385. The van der Waals surface area contributed by atoms with Crippen LogP contribution in [0.1, 0.15) is 11.1 Å². The van der Waals surface area contributed by atoms with E-state index in [1.807, 2.05) is 0 Å². The maximum Gasteiger partial charge on any atom is 0.416 e. The molecule has 1 N–H and O–H groups in total. The highest BCUT2D eigenvalue weighted by molar-refractivity contribution is 5.52. The molecule has 0 aliphatic heterocycles. The first-order valence-electron chi connectivity index (χ1n) is 6.05. The molecule has 0 amide bonds. The van der Waals surface area contributed by atoms with Gasteiger partial charge < -0.3 is 9.84 Å².